The molecule has 4 fully saturated rings. The van der Waals surface area contributed by atoms with Crippen LogP contribution in [0.15, 0.2) is 24.3 Å². The van der Waals surface area contributed by atoms with Gasteiger partial charge in [-0.3, -0.25) is 9.59 Å². The Morgan fingerprint density at radius 1 is 0.930 bits per heavy atom. The standard InChI is InChI=1S/C36H50N4O2S/c1-23-17-24(2)19-26(18-23)33-29(12-16-38-15-11-25(22-38)20-32(41)39-13-5-6-14-39)30-21-31(43-34(30)37-33)36(3,4)35(42)40-27-7-8-28(40)10-9-27/h17-19,21,25,27-29,33,37H,5-16,20,22H2,1-4H3. The number of fused-ring (bicyclic) bond motifs is 3. The quantitative estimate of drug-likeness (QED) is 0.362. The summed E-state index contributed by atoms with van der Waals surface area (Å²) in [5, 5.41) is 5.21. The van der Waals surface area contributed by atoms with Crippen LogP contribution in [0.25, 0.3) is 0 Å². The van der Waals surface area contributed by atoms with E-state index in [1.165, 1.54) is 57.8 Å². The molecule has 0 radical (unpaired) electrons. The van der Waals surface area contributed by atoms with Crippen LogP contribution in [0.4, 0.5) is 5.00 Å². The monoisotopic (exact) mass is 602 g/mol. The molecule has 7 heteroatoms. The molecule has 43 heavy (non-hydrogen) atoms. The fourth-order valence-electron chi connectivity index (χ4n) is 8.97. The maximum atomic E-state index is 14.0. The van der Waals surface area contributed by atoms with Gasteiger partial charge in [-0.1, -0.05) is 29.3 Å². The first-order chi connectivity index (χ1) is 20.7. The minimum Gasteiger partial charge on any atom is -0.369 e. The molecule has 5 aliphatic heterocycles. The van der Waals surface area contributed by atoms with Crippen LogP contribution >= 0.6 is 11.3 Å². The van der Waals surface area contributed by atoms with Crippen molar-refractivity contribution in [3.05, 3.63) is 51.4 Å². The molecular weight excluding hydrogens is 552 g/mol. The van der Waals surface area contributed by atoms with E-state index in [2.05, 4.69) is 72.0 Å². The predicted octanol–water partition coefficient (Wildman–Crippen LogP) is 6.77. The number of nitrogens with zero attached hydrogens (tertiary/aromatic N) is 3. The predicted molar refractivity (Wildman–Crippen MR) is 175 cm³/mol. The summed E-state index contributed by atoms with van der Waals surface area (Å²) in [5.74, 6) is 1.54. The summed E-state index contributed by atoms with van der Waals surface area (Å²) in [6, 6.07) is 10.5. The maximum absolute atomic E-state index is 14.0. The van der Waals surface area contributed by atoms with Gasteiger partial charge in [0.05, 0.1) is 16.5 Å². The molecule has 1 aromatic heterocycles. The van der Waals surface area contributed by atoms with Crippen molar-refractivity contribution in [2.75, 3.05) is 38.0 Å². The number of rotatable bonds is 8. The van der Waals surface area contributed by atoms with Gasteiger partial charge in [-0.2, -0.15) is 0 Å². The second kappa shape index (κ2) is 11.5. The summed E-state index contributed by atoms with van der Waals surface area (Å²) >= 11 is 1.81. The van der Waals surface area contributed by atoms with E-state index in [1.54, 1.807) is 0 Å². The number of hydrogen-bond donors (Lipinski definition) is 1. The molecule has 232 valence electrons. The lowest BCUT2D eigenvalue weighted by molar-refractivity contribution is -0.137. The molecule has 0 spiro atoms. The topological polar surface area (TPSA) is 55.9 Å². The summed E-state index contributed by atoms with van der Waals surface area (Å²) in [7, 11) is 0. The SMILES string of the molecule is Cc1cc(C)cc(C2Nc3sc(C(C)(C)C(=O)N4C5CCC4CC5)cc3C2CCN2CCC(CC(=O)N3CCCC3)C2)c1. The Bertz CT molecular complexity index is 1340. The molecule has 1 N–H and O–H groups in total. The molecule has 0 aliphatic carbocycles. The number of amides is 2. The number of hydrogen-bond acceptors (Lipinski definition) is 5. The lowest BCUT2D eigenvalue weighted by atomic mass is 9.84. The summed E-state index contributed by atoms with van der Waals surface area (Å²) in [4.78, 5) is 34.9. The van der Waals surface area contributed by atoms with Crippen LogP contribution in [0.5, 0.6) is 0 Å². The molecular formula is C36H50N4O2S. The molecule has 2 amide bonds. The second-order valence-electron chi connectivity index (χ2n) is 14.9. The first-order valence-electron chi connectivity index (χ1n) is 17.0. The largest absolute Gasteiger partial charge is 0.369 e. The van der Waals surface area contributed by atoms with Crippen molar-refractivity contribution in [3.63, 3.8) is 0 Å². The van der Waals surface area contributed by atoms with Crippen LogP contribution in [-0.4, -0.2) is 71.3 Å². The van der Waals surface area contributed by atoms with Crippen LogP contribution in [-0.2, 0) is 15.0 Å². The molecule has 3 atom stereocenters. The van der Waals surface area contributed by atoms with Crippen molar-refractivity contribution in [3.8, 4) is 0 Å². The fraction of sp³-hybridized carbons (Fsp3) is 0.667. The normalized spacial score (nSPS) is 28.6. The van der Waals surface area contributed by atoms with Crippen molar-refractivity contribution in [1.82, 2.24) is 14.7 Å². The Hall–Kier alpha value is -2.38. The highest BCUT2D eigenvalue weighted by molar-refractivity contribution is 7.16. The van der Waals surface area contributed by atoms with E-state index in [0.29, 0.717) is 42.2 Å². The Morgan fingerprint density at radius 3 is 2.28 bits per heavy atom. The number of aryl methyl sites for hydroxylation is 2. The van der Waals surface area contributed by atoms with Gasteiger partial charge in [0.1, 0.15) is 0 Å². The van der Waals surface area contributed by atoms with Crippen molar-refractivity contribution in [1.29, 1.82) is 0 Å². The lowest BCUT2D eigenvalue weighted by Gasteiger charge is -2.32. The highest BCUT2D eigenvalue weighted by Crippen LogP contribution is 2.53. The van der Waals surface area contributed by atoms with Gasteiger partial charge in [0.25, 0.3) is 0 Å². The molecule has 6 nitrogen and oxygen atoms in total. The Labute approximate surface area is 262 Å². The number of anilines is 1. The highest BCUT2D eigenvalue weighted by Gasteiger charge is 2.48. The molecule has 4 saturated heterocycles. The number of carbonyl (C=O) groups excluding carboxylic acids is 2. The summed E-state index contributed by atoms with van der Waals surface area (Å²) in [5.41, 5.74) is 4.87. The molecule has 7 rings (SSSR count). The van der Waals surface area contributed by atoms with Gasteiger partial charge in [0.15, 0.2) is 0 Å². The van der Waals surface area contributed by atoms with Gasteiger partial charge in [0.2, 0.25) is 11.8 Å². The zero-order valence-electron chi connectivity index (χ0n) is 26.7. The summed E-state index contributed by atoms with van der Waals surface area (Å²) in [6.45, 7) is 13.8. The van der Waals surface area contributed by atoms with Crippen LogP contribution in [0, 0.1) is 19.8 Å². The number of carbonyl (C=O) groups is 2. The third-order valence-electron chi connectivity index (χ3n) is 11.3. The Balaban J connectivity index is 1.08. The van der Waals surface area contributed by atoms with E-state index in [9.17, 15) is 9.59 Å². The second-order valence-corrected chi connectivity index (χ2v) is 15.9. The van der Waals surface area contributed by atoms with E-state index in [4.69, 9.17) is 0 Å². The molecule has 3 unspecified atom stereocenters. The summed E-state index contributed by atoms with van der Waals surface area (Å²) in [6.07, 6.45) is 9.96. The van der Waals surface area contributed by atoms with E-state index in [-0.39, 0.29) is 6.04 Å². The van der Waals surface area contributed by atoms with E-state index >= 15 is 0 Å². The zero-order chi connectivity index (χ0) is 29.9. The van der Waals surface area contributed by atoms with Crippen molar-refractivity contribution < 1.29 is 9.59 Å². The number of likely N-dealkylation sites (tertiary alicyclic amines) is 2. The first-order valence-corrected chi connectivity index (χ1v) is 17.8. The molecule has 1 aromatic carbocycles. The van der Waals surface area contributed by atoms with E-state index < -0.39 is 5.41 Å². The fourth-order valence-corrected chi connectivity index (χ4v) is 10.2. The van der Waals surface area contributed by atoms with Crippen molar-refractivity contribution >= 4 is 28.2 Å². The average molecular weight is 603 g/mol. The number of benzene rings is 1. The lowest BCUT2D eigenvalue weighted by Crippen LogP contribution is -2.45. The van der Waals surface area contributed by atoms with Gasteiger partial charge in [-0.15, -0.1) is 11.3 Å². The number of nitrogens with one attached hydrogen (secondary N) is 1. The van der Waals surface area contributed by atoms with Crippen LogP contribution in [0.1, 0.15) is 111 Å². The molecule has 5 aliphatic rings. The third-order valence-corrected chi connectivity index (χ3v) is 12.7. The Morgan fingerprint density at radius 2 is 1.60 bits per heavy atom. The van der Waals surface area contributed by atoms with Gasteiger partial charge in [0, 0.05) is 48.9 Å². The van der Waals surface area contributed by atoms with Gasteiger partial charge < -0.3 is 20.0 Å². The minimum atomic E-state index is -0.508. The van der Waals surface area contributed by atoms with Gasteiger partial charge in [-0.25, -0.2) is 0 Å². The Kier molecular flexibility index (Phi) is 7.86. The van der Waals surface area contributed by atoms with Gasteiger partial charge >= 0.3 is 0 Å². The van der Waals surface area contributed by atoms with Crippen LogP contribution < -0.4 is 5.32 Å². The first kappa shape index (κ1) is 29.3. The van der Waals surface area contributed by atoms with E-state index in [0.717, 1.165) is 58.4 Å². The minimum absolute atomic E-state index is 0.247. The van der Waals surface area contributed by atoms with Crippen molar-refractivity contribution in [2.45, 2.75) is 115 Å². The zero-order valence-corrected chi connectivity index (χ0v) is 27.5. The third kappa shape index (κ3) is 5.54. The molecule has 2 aromatic rings. The average Bonchev–Trinajstić information content (AvgIpc) is 3.81. The smallest absolute Gasteiger partial charge is 0.233 e. The van der Waals surface area contributed by atoms with Crippen LogP contribution in [0.3, 0.4) is 0 Å². The van der Waals surface area contributed by atoms with Crippen LogP contribution in [0.2, 0.25) is 0 Å². The number of thiophene rings is 1. The van der Waals surface area contributed by atoms with E-state index in [1.807, 2.05) is 11.3 Å². The molecule has 6 heterocycles. The summed E-state index contributed by atoms with van der Waals surface area (Å²) < 4.78 is 0. The van der Waals surface area contributed by atoms with Gasteiger partial charge in [-0.05, 0) is 115 Å². The maximum Gasteiger partial charge on any atom is 0.233 e. The molecule has 0 saturated carbocycles. The van der Waals surface area contributed by atoms with Crippen molar-refractivity contribution in [2.24, 2.45) is 5.92 Å². The molecule has 2 bridgehead atoms. The highest BCUT2D eigenvalue weighted by atomic mass is 32.1.